The van der Waals surface area contributed by atoms with E-state index in [1.165, 1.54) is 93.3 Å². The van der Waals surface area contributed by atoms with Crippen molar-refractivity contribution in [2.75, 3.05) is 0 Å². The van der Waals surface area contributed by atoms with E-state index < -0.39 is 0 Å². The van der Waals surface area contributed by atoms with Gasteiger partial charge in [0.25, 0.3) is 0 Å². The van der Waals surface area contributed by atoms with Crippen LogP contribution in [0.5, 0.6) is 0 Å². The van der Waals surface area contributed by atoms with E-state index in [1.807, 2.05) is 0 Å². The number of benzene rings is 7. The van der Waals surface area contributed by atoms with E-state index in [0.29, 0.717) is 0 Å². The Morgan fingerprint density at radius 1 is 0.320 bits per heavy atom. The van der Waals surface area contributed by atoms with Crippen LogP contribution in [0.3, 0.4) is 0 Å². The summed E-state index contributed by atoms with van der Waals surface area (Å²) in [6, 6.07) is 57.8. The van der Waals surface area contributed by atoms with Crippen molar-refractivity contribution in [3.05, 3.63) is 158 Å². The van der Waals surface area contributed by atoms with Gasteiger partial charge in [0.15, 0.2) is 0 Å². The number of para-hydroxylation sites is 4. The van der Waals surface area contributed by atoms with Crippen LogP contribution >= 0.6 is 0 Å². The van der Waals surface area contributed by atoms with E-state index in [1.54, 1.807) is 0 Å². The summed E-state index contributed by atoms with van der Waals surface area (Å²) in [6.45, 7) is 0. The van der Waals surface area contributed by atoms with Crippen molar-refractivity contribution in [1.29, 1.82) is 0 Å². The number of hydrogen-bond acceptors (Lipinski definition) is 0. The molecule has 0 aliphatic rings. The van der Waals surface area contributed by atoms with Gasteiger partial charge in [-0.2, -0.15) is 0 Å². The molecule has 4 heteroatoms. The highest BCUT2D eigenvalue weighted by molar-refractivity contribution is 6.22. The Bertz CT molecular complexity index is 3160. The van der Waals surface area contributed by atoms with Crippen molar-refractivity contribution >= 4 is 76.5 Å². The molecule has 11 aromatic rings. The Labute approximate surface area is 288 Å². The molecule has 0 radical (unpaired) electrons. The summed E-state index contributed by atoms with van der Waals surface area (Å²) < 4.78 is 9.53. The Hall–Kier alpha value is -6.52. The second-order valence-corrected chi connectivity index (χ2v) is 13.5. The summed E-state index contributed by atoms with van der Waals surface area (Å²) in [4.78, 5) is 0. The molecule has 4 heterocycles. The first-order valence-corrected chi connectivity index (χ1v) is 17.2. The first-order valence-electron chi connectivity index (χ1n) is 17.2. The highest BCUT2D eigenvalue weighted by Crippen LogP contribution is 2.41. The smallest absolute Gasteiger partial charge is 0.126 e. The summed E-state index contributed by atoms with van der Waals surface area (Å²) in [5, 5.41) is 8.95. The van der Waals surface area contributed by atoms with Gasteiger partial charge in [0.2, 0.25) is 0 Å². The summed E-state index contributed by atoms with van der Waals surface area (Å²) in [6.07, 6.45) is 0. The van der Waals surface area contributed by atoms with Gasteiger partial charge < -0.3 is 13.7 Å². The van der Waals surface area contributed by atoms with E-state index in [4.69, 9.17) is 0 Å². The van der Waals surface area contributed by atoms with Crippen molar-refractivity contribution in [3.8, 4) is 22.5 Å². The number of fused-ring (bicyclic) bond motifs is 11. The number of hydrogen-bond donors (Lipinski definition) is 0. The molecule has 0 fully saturated rings. The lowest BCUT2D eigenvalue weighted by atomic mass is 10.0. The van der Waals surface area contributed by atoms with Crippen molar-refractivity contribution in [2.24, 2.45) is 14.1 Å². The molecule has 0 unspecified atom stereocenters. The highest BCUT2D eigenvalue weighted by atomic mass is 15.1. The molecule has 0 atom stereocenters. The van der Waals surface area contributed by atoms with Gasteiger partial charge >= 0.3 is 0 Å². The maximum atomic E-state index is 2.43. The fourth-order valence-electron chi connectivity index (χ4n) is 8.69. The minimum atomic E-state index is 1.16. The zero-order chi connectivity index (χ0) is 33.1. The van der Waals surface area contributed by atoms with Gasteiger partial charge in [0, 0.05) is 74.2 Å². The molecule has 7 aromatic carbocycles. The summed E-state index contributed by atoms with van der Waals surface area (Å²) in [5.41, 5.74) is 13.3. The lowest BCUT2D eigenvalue weighted by molar-refractivity contribution is 0.962. The Balaban J connectivity index is 1.14. The molecule has 0 N–H and O–H groups in total. The Morgan fingerprint density at radius 3 is 1.68 bits per heavy atom. The van der Waals surface area contributed by atoms with Crippen LogP contribution in [0.2, 0.25) is 0 Å². The first-order chi connectivity index (χ1) is 24.7. The van der Waals surface area contributed by atoms with E-state index >= 15 is 0 Å². The molecular weight excluding hydrogens is 609 g/mol. The normalized spacial score (nSPS) is 12.2. The fraction of sp³-hybridized carbons (Fsp3) is 0.0435. The monoisotopic (exact) mass is 640 g/mol. The van der Waals surface area contributed by atoms with Crippen LogP contribution in [0.25, 0.3) is 99.0 Å². The largest absolute Gasteiger partial charge is 0.344 e. The molecule has 0 aliphatic carbocycles. The van der Waals surface area contributed by atoms with Crippen LogP contribution in [0, 0.1) is 0 Å². The van der Waals surface area contributed by atoms with Crippen LogP contribution in [-0.4, -0.2) is 18.3 Å². The molecule has 0 aliphatic heterocycles. The third kappa shape index (κ3) is 3.60. The second kappa shape index (κ2) is 10.0. The van der Waals surface area contributed by atoms with E-state index in [9.17, 15) is 0 Å². The van der Waals surface area contributed by atoms with Crippen LogP contribution in [0.1, 0.15) is 0 Å². The van der Waals surface area contributed by atoms with Gasteiger partial charge in [0.05, 0.1) is 22.1 Å². The molecule has 0 amide bonds. The van der Waals surface area contributed by atoms with E-state index in [-0.39, 0.29) is 0 Å². The second-order valence-electron chi connectivity index (χ2n) is 13.5. The van der Waals surface area contributed by atoms with Gasteiger partial charge in [-0.1, -0.05) is 91.0 Å². The molecule has 236 valence electrons. The summed E-state index contributed by atoms with van der Waals surface area (Å²) in [7, 11) is 4.38. The minimum absolute atomic E-state index is 1.16. The van der Waals surface area contributed by atoms with Gasteiger partial charge in [-0.05, 0) is 77.9 Å². The Kier molecular flexibility index (Phi) is 5.49. The molecule has 0 saturated heterocycles. The van der Waals surface area contributed by atoms with Crippen LogP contribution in [0.4, 0.5) is 0 Å². The van der Waals surface area contributed by atoms with Crippen molar-refractivity contribution in [2.45, 2.75) is 0 Å². The molecule has 0 saturated carbocycles. The van der Waals surface area contributed by atoms with Crippen LogP contribution < -0.4 is 0 Å². The van der Waals surface area contributed by atoms with Crippen molar-refractivity contribution < 1.29 is 0 Å². The molecule has 0 spiro atoms. The fourth-order valence-corrected chi connectivity index (χ4v) is 8.69. The molecule has 0 bridgehead atoms. The molecule has 50 heavy (non-hydrogen) atoms. The zero-order valence-electron chi connectivity index (χ0n) is 27.8. The topological polar surface area (TPSA) is 19.7 Å². The van der Waals surface area contributed by atoms with E-state index in [2.05, 4.69) is 190 Å². The third-order valence-electron chi connectivity index (χ3n) is 11.0. The molecule has 4 aromatic heterocycles. The van der Waals surface area contributed by atoms with Gasteiger partial charge in [-0.25, -0.2) is 0 Å². The van der Waals surface area contributed by atoms with Crippen molar-refractivity contribution in [1.82, 2.24) is 18.3 Å². The lowest BCUT2D eigenvalue weighted by Gasteiger charge is -2.12. The quantitative estimate of drug-likeness (QED) is 0.183. The standard InChI is InChI=1S/C46H32N4/c1-47-40-24-23-30(26-36(40)38-28-44-37(27-43(38)47)33-17-6-10-21-41(33)49(44)31-14-4-3-5-15-31)29-13-12-16-32(25-29)50-42-22-11-8-19-35(42)45-34-18-7-9-20-39(34)48(2)46(45)50/h3-28H,1-2H3. The maximum Gasteiger partial charge on any atom is 0.126 e. The predicted molar refractivity (Wildman–Crippen MR) is 211 cm³/mol. The van der Waals surface area contributed by atoms with Gasteiger partial charge in [-0.3, -0.25) is 4.57 Å². The molecule has 11 rings (SSSR count). The number of aryl methyl sites for hydroxylation is 2. The zero-order valence-corrected chi connectivity index (χ0v) is 27.8. The van der Waals surface area contributed by atoms with Crippen LogP contribution in [-0.2, 0) is 14.1 Å². The number of nitrogens with zero attached hydrogens (tertiary/aromatic N) is 4. The summed E-state index contributed by atoms with van der Waals surface area (Å²) >= 11 is 0. The lowest BCUT2D eigenvalue weighted by Crippen LogP contribution is -1.99. The predicted octanol–water partition coefficient (Wildman–Crippen LogP) is 11.7. The minimum Gasteiger partial charge on any atom is -0.344 e. The Morgan fingerprint density at radius 2 is 0.880 bits per heavy atom. The van der Waals surface area contributed by atoms with Gasteiger partial charge in [0.1, 0.15) is 5.65 Å². The average molecular weight is 641 g/mol. The van der Waals surface area contributed by atoms with Gasteiger partial charge in [-0.15, -0.1) is 0 Å². The van der Waals surface area contributed by atoms with Crippen molar-refractivity contribution in [3.63, 3.8) is 0 Å². The average Bonchev–Trinajstić information content (AvgIpc) is 3.86. The maximum absolute atomic E-state index is 2.43. The van der Waals surface area contributed by atoms with Crippen LogP contribution in [0.15, 0.2) is 158 Å². The summed E-state index contributed by atoms with van der Waals surface area (Å²) in [5.74, 6) is 0. The first kappa shape index (κ1) is 27.4. The SMILES string of the molecule is Cn1c2ccc(-c3cccc(-n4c5ccccc5c5c6ccccc6n(C)c54)c3)cc2c2cc3c(cc21)c1ccccc1n3-c1ccccc1. The number of rotatable bonds is 3. The molecule has 4 nitrogen and oxygen atoms in total. The number of aromatic nitrogens is 4. The third-order valence-corrected chi connectivity index (χ3v) is 11.0. The van der Waals surface area contributed by atoms with E-state index in [0.717, 1.165) is 5.69 Å². The molecular formula is C46H32N4. The highest BCUT2D eigenvalue weighted by Gasteiger charge is 2.20.